The molecule has 1 atom stereocenters. The fourth-order valence-electron chi connectivity index (χ4n) is 3.22. The van der Waals surface area contributed by atoms with Crippen LogP contribution in [0.5, 0.6) is 0 Å². The van der Waals surface area contributed by atoms with Crippen LogP contribution in [0.3, 0.4) is 0 Å². The summed E-state index contributed by atoms with van der Waals surface area (Å²) in [5, 5.41) is 0. The monoisotopic (exact) mass is 363 g/mol. The topological polar surface area (TPSA) is 88.8 Å². The zero-order valence-electron chi connectivity index (χ0n) is 14.4. The Morgan fingerprint density at radius 1 is 1.22 bits per heavy atom. The van der Waals surface area contributed by atoms with Crippen molar-refractivity contribution in [3.05, 3.63) is 77.5 Å². The number of amides is 2. The van der Waals surface area contributed by atoms with Crippen molar-refractivity contribution in [3.8, 4) is 0 Å². The smallest absolute Gasteiger partial charge is 0.311 e. The van der Waals surface area contributed by atoms with E-state index in [0.29, 0.717) is 28.1 Å². The van der Waals surface area contributed by atoms with Crippen molar-refractivity contribution >= 4 is 34.6 Å². The van der Waals surface area contributed by atoms with Crippen molar-refractivity contribution in [2.75, 3.05) is 7.05 Å². The number of halogens is 1. The number of carbonyl (C=O) groups is 2. The Hall–Kier alpha value is -3.58. The minimum Gasteiger partial charge on any atom is -0.366 e. The van der Waals surface area contributed by atoms with Crippen LogP contribution in [0, 0.1) is 5.82 Å². The predicted molar refractivity (Wildman–Crippen MR) is 99.2 cm³/mol. The van der Waals surface area contributed by atoms with E-state index in [1.54, 1.807) is 43.6 Å². The Balaban J connectivity index is 1.85. The average Bonchev–Trinajstić information content (AvgIpc) is 3.23. The van der Waals surface area contributed by atoms with E-state index < -0.39 is 5.91 Å². The Morgan fingerprint density at radius 3 is 2.63 bits per heavy atom. The summed E-state index contributed by atoms with van der Waals surface area (Å²) in [6, 6.07) is 11.1. The second kappa shape index (κ2) is 6.00. The zero-order chi connectivity index (χ0) is 19.2. The van der Waals surface area contributed by atoms with Gasteiger partial charge in [-0.25, -0.2) is 18.7 Å². The Morgan fingerprint density at radius 2 is 1.96 bits per heavy atom. The van der Waals surface area contributed by atoms with Gasteiger partial charge in [-0.15, -0.1) is 0 Å². The maximum absolute atomic E-state index is 13.2. The first-order valence-electron chi connectivity index (χ1n) is 8.23. The summed E-state index contributed by atoms with van der Waals surface area (Å²) in [5.41, 5.74) is 8.99. The number of hydrogen-bond acceptors (Lipinski definition) is 3. The molecule has 27 heavy (non-hydrogen) atoms. The van der Waals surface area contributed by atoms with Gasteiger partial charge in [0.1, 0.15) is 17.5 Å². The number of H-pyrrole nitrogens is 1. The van der Waals surface area contributed by atoms with E-state index in [4.69, 9.17) is 5.73 Å². The highest BCUT2D eigenvalue weighted by Crippen LogP contribution is 2.36. The Kier molecular flexibility index (Phi) is 3.75. The number of aromatic nitrogens is 2. The molecule has 0 bridgehead atoms. The summed E-state index contributed by atoms with van der Waals surface area (Å²) in [4.78, 5) is 31.1. The van der Waals surface area contributed by atoms with Crippen molar-refractivity contribution in [2.24, 2.45) is 5.73 Å². The van der Waals surface area contributed by atoms with Crippen LogP contribution in [0.15, 0.2) is 54.7 Å². The number of aromatic amines is 1. The SMILES string of the molecule is C[N+]1(C=O)C=C(c2ccc(F)cc2)C=C1c1nc2c(C(N)=O)cccc2[nH]1. The molecule has 1 unspecified atom stereocenters. The summed E-state index contributed by atoms with van der Waals surface area (Å²) in [5.74, 6) is -0.441. The normalized spacial score (nSPS) is 19.0. The van der Waals surface area contributed by atoms with Gasteiger partial charge in [-0.05, 0) is 29.8 Å². The lowest BCUT2D eigenvalue weighted by Gasteiger charge is -2.19. The number of fused-ring (bicyclic) bond motifs is 1. The molecule has 2 heterocycles. The summed E-state index contributed by atoms with van der Waals surface area (Å²) in [6.07, 6.45) is 4.37. The van der Waals surface area contributed by atoms with Gasteiger partial charge in [0.25, 0.3) is 5.91 Å². The minimum atomic E-state index is -0.572. The number of allylic oxidation sites excluding steroid dienone is 2. The van der Waals surface area contributed by atoms with E-state index >= 15 is 0 Å². The Bertz CT molecular complexity index is 1140. The molecule has 0 spiro atoms. The summed E-state index contributed by atoms with van der Waals surface area (Å²) in [7, 11) is 1.72. The van der Waals surface area contributed by atoms with E-state index in [2.05, 4.69) is 9.97 Å². The fourth-order valence-corrected chi connectivity index (χ4v) is 3.22. The van der Waals surface area contributed by atoms with E-state index in [1.807, 2.05) is 6.08 Å². The molecule has 7 heteroatoms. The highest BCUT2D eigenvalue weighted by atomic mass is 19.1. The molecule has 4 rings (SSSR count). The van der Waals surface area contributed by atoms with Gasteiger partial charge in [-0.1, -0.05) is 18.2 Å². The fraction of sp³-hybridized carbons (Fsp3) is 0.0500. The van der Waals surface area contributed by atoms with Gasteiger partial charge in [0.2, 0.25) is 0 Å². The third kappa shape index (κ3) is 2.74. The maximum atomic E-state index is 13.2. The first kappa shape index (κ1) is 16.9. The van der Waals surface area contributed by atoms with Gasteiger partial charge < -0.3 is 10.7 Å². The molecule has 6 nitrogen and oxygen atoms in total. The van der Waals surface area contributed by atoms with Crippen molar-refractivity contribution in [1.82, 2.24) is 9.97 Å². The van der Waals surface area contributed by atoms with Crippen LogP contribution in [-0.2, 0) is 4.79 Å². The molecular formula is C20H16FN4O2+. The van der Waals surface area contributed by atoms with Crippen LogP contribution in [0.1, 0.15) is 21.7 Å². The van der Waals surface area contributed by atoms with Gasteiger partial charge in [0.15, 0.2) is 11.5 Å². The third-order valence-corrected chi connectivity index (χ3v) is 4.64. The molecule has 0 saturated carbocycles. The van der Waals surface area contributed by atoms with Gasteiger partial charge in [-0.3, -0.25) is 4.79 Å². The lowest BCUT2D eigenvalue weighted by Crippen LogP contribution is -2.33. The number of hydrogen-bond donors (Lipinski definition) is 2. The molecule has 0 aliphatic carbocycles. The van der Waals surface area contributed by atoms with Crippen LogP contribution in [0.2, 0.25) is 0 Å². The van der Waals surface area contributed by atoms with E-state index in [-0.39, 0.29) is 10.3 Å². The number of primary amides is 1. The summed E-state index contributed by atoms with van der Waals surface area (Å²) >= 11 is 0. The second-order valence-electron chi connectivity index (χ2n) is 6.52. The predicted octanol–water partition coefficient (Wildman–Crippen LogP) is 2.80. The molecule has 0 saturated heterocycles. The standard InChI is InChI=1S/C20H15FN4O2/c1-25(11-26)10-13(12-5-7-14(21)8-6-12)9-17(25)20-23-16-4-2-3-15(19(22)27)18(16)24-20/h2-11H,1H3,(H2-,22,23,24,27)/p+1. The molecule has 2 aromatic carbocycles. The first-order chi connectivity index (χ1) is 12.9. The highest BCUT2D eigenvalue weighted by Gasteiger charge is 2.36. The number of para-hydroxylation sites is 1. The Labute approximate surface area is 154 Å². The van der Waals surface area contributed by atoms with Crippen LogP contribution < -0.4 is 5.73 Å². The number of rotatable bonds is 4. The highest BCUT2D eigenvalue weighted by molar-refractivity contribution is 6.04. The van der Waals surface area contributed by atoms with Crippen molar-refractivity contribution < 1.29 is 18.5 Å². The number of imidazole rings is 1. The number of carbonyl (C=O) groups excluding carboxylic acids is 2. The third-order valence-electron chi connectivity index (χ3n) is 4.64. The average molecular weight is 363 g/mol. The van der Waals surface area contributed by atoms with Crippen molar-refractivity contribution in [3.63, 3.8) is 0 Å². The van der Waals surface area contributed by atoms with Crippen LogP contribution >= 0.6 is 0 Å². The number of nitrogens with two attached hydrogens (primary N) is 1. The van der Waals surface area contributed by atoms with E-state index in [9.17, 15) is 14.0 Å². The number of benzene rings is 2. The number of nitrogens with zero attached hydrogens (tertiary/aromatic N) is 2. The van der Waals surface area contributed by atoms with Gasteiger partial charge >= 0.3 is 6.41 Å². The second-order valence-corrected chi connectivity index (χ2v) is 6.52. The van der Waals surface area contributed by atoms with Gasteiger partial charge in [0.05, 0.1) is 18.1 Å². The molecule has 1 aliphatic rings. The van der Waals surface area contributed by atoms with Crippen molar-refractivity contribution in [1.29, 1.82) is 0 Å². The lowest BCUT2D eigenvalue weighted by atomic mass is 10.1. The van der Waals surface area contributed by atoms with Gasteiger partial charge in [-0.2, -0.15) is 0 Å². The molecule has 1 aromatic heterocycles. The van der Waals surface area contributed by atoms with Crippen LogP contribution in [0.4, 0.5) is 4.39 Å². The lowest BCUT2D eigenvalue weighted by molar-refractivity contribution is -0.689. The first-order valence-corrected chi connectivity index (χ1v) is 8.23. The number of nitrogens with one attached hydrogen (secondary N) is 1. The molecule has 0 fully saturated rings. The quantitative estimate of drug-likeness (QED) is 0.552. The number of quaternary nitrogens is 1. The minimum absolute atomic E-state index is 0.140. The largest absolute Gasteiger partial charge is 0.366 e. The molecule has 0 radical (unpaired) electrons. The van der Waals surface area contributed by atoms with Crippen molar-refractivity contribution in [2.45, 2.75) is 0 Å². The van der Waals surface area contributed by atoms with E-state index in [0.717, 1.165) is 17.5 Å². The molecule has 2 amide bonds. The molecular weight excluding hydrogens is 347 g/mol. The summed E-state index contributed by atoms with van der Waals surface area (Å²) < 4.78 is 13.1. The molecule has 1 aliphatic heterocycles. The zero-order valence-corrected chi connectivity index (χ0v) is 14.4. The molecule has 3 aromatic rings. The summed E-state index contributed by atoms with van der Waals surface area (Å²) in [6.45, 7) is 0. The van der Waals surface area contributed by atoms with Gasteiger partial charge in [0, 0.05) is 11.6 Å². The van der Waals surface area contributed by atoms with Crippen LogP contribution in [-0.4, -0.2) is 33.8 Å². The van der Waals surface area contributed by atoms with E-state index in [1.165, 1.54) is 12.1 Å². The maximum Gasteiger partial charge on any atom is 0.311 e. The molecule has 3 N–H and O–H groups in total. The van der Waals surface area contributed by atoms with Crippen LogP contribution in [0.25, 0.3) is 22.3 Å². The molecule has 134 valence electrons.